The highest BCUT2D eigenvalue weighted by atomic mass is 16.5. The first-order valence-corrected chi connectivity index (χ1v) is 10.4. The van der Waals surface area contributed by atoms with Crippen LogP contribution < -0.4 is 4.74 Å². The van der Waals surface area contributed by atoms with Crippen molar-refractivity contribution in [3.63, 3.8) is 0 Å². The molecular weight excluding hydrogens is 378 g/mol. The lowest BCUT2D eigenvalue weighted by Gasteiger charge is -2.31. The molecule has 0 unspecified atom stereocenters. The number of nitrogens with zero attached hydrogens (tertiary/aromatic N) is 2. The Morgan fingerprint density at radius 1 is 1.00 bits per heavy atom. The molecular formula is C24H29N3O3. The van der Waals surface area contributed by atoms with Crippen molar-refractivity contribution in [3.8, 4) is 5.75 Å². The number of hydrogen-bond acceptors (Lipinski definition) is 4. The fraction of sp³-hybridized carbons (Fsp3) is 0.333. The van der Waals surface area contributed by atoms with Crippen molar-refractivity contribution in [2.45, 2.75) is 20.5 Å². The first-order chi connectivity index (χ1) is 14.6. The number of ether oxygens (including phenoxy) is 1. The van der Waals surface area contributed by atoms with Crippen molar-refractivity contribution in [2.24, 2.45) is 0 Å². The van der Waals surface area contributed by atoms with Crippen LogP contribution in [0.4, 0.5) is 0 Å². The molecule has 1 aliphatic heterocycles. The number of benzene rings is 2. The Balaban J connectivity index is 0.00000124. The Kier molecular flexibility index (Phi) is 7.25. The van der Waals surface area contributed by atoms with Gasteiger partial charge in [-0.3, -0.25) is 9.59 Å². The Labute approximate surface area is 177 Å². The van der Waals surface area contributed by atoms with Crippen LogP contribution in [-0.4, -0.2) is 59.7 Å². The maximum Gasteiger partial charge on any atom is 0.295 e. The molecule has 1 saturated heterocycles. The molecule has 2 aromatic carbocycles. The lowest BCUT2D eigenvalue weighted by Crippen LogP contribution is -2.49. The fourth-order valence-corrected chi connectivity index (χ4v) is 3.39. The second kappa shape index (κ2) is 10.1. The van der Waals surface area contributed by atoms with Crippen molar-refractivity contribution >= 4 is 22.6 Å². The van der Waals surface area contributed by atoms with Crippen molar-refractivity contribution in [1.82, 2.24) is 14.8 Å². The lowest BCUT2D eigenvalue weighted by atomic mass is 10.1. The van der Waals surface area contributed by atoms with E-state index in [9.17, 15) is 9.59 Å². The summed E-state index contributed by atoms with van der Waals surface area (Å²) in [6, 6.07) is 15.4. The molecule has 1 N–H and O–H groups in total. The molecule has 0 saturated carbocycles. The Bertz CT molecular complexity index is 989. The van der Waals surface area contributed by atoms with Crippen LogP contribution in [0.1, 0.15) is 29.8 Å². The van der Waals surface area contributed by atoms with Crippen LogP contribution >= 0.6 is 0 Å². The molecule has 0 bridgehead atoms. The number of aromatic amines is 1. The van der Waals surface area contributed by atoms with E-state index in [-0.39, 0.29) is 0 Å². The molecule has 1 aromatic heterocycles. The van der Waals surface area contributed by atoms with Crippen LogP contribution in [0.5, 0.6) is 5.75 Å². The molecule has 1 amide bonds. The first-order valence-electron chi connectivity index (χ1n) is 10.4. The normalized spacial score (nSPS) is 14.2. The number of hydrogen-bond donors (Lipinski definition) is 1. The van der Waals surface area contributed by atoms with Crippen molar-refractivity contribution in [3.05, 3.63) is 65.9 Å². The van der Waals surface area contributed by atoms with Crippen molar-refractivity contribution in [2.75, 3.05) is 33.2 Å². The van der Waals surface area contributed by atoms with Crippen LogP contribution in [0.3, 0.4) is 0 Å². The summed E-state index contributed by atoms with van der Waals surface area (Å²) < 4.78 is 5.84. The number of fused-ring (bicyclic) bond motifs is 1. The molecule has 4 rings (SSSR count). The number of nitrogens with one attached hydrogen (secondary N) is 1. The third kappa shape index (κ3) is 4.89. The number of aromatic nitrogens is 1. The summed E-state index contributed by atoms with van der Waals surface area (Å²) in [5.41, 5.74) is 2.27. The average molecular weight is 408 g/mol. The zero-order chi connectivity index (χ0) is 21.5. The number of likely N-dealkylation sites (N-methyl/N-ethyl adjacent to an activating group) is 1. The van der Waals surface area contributed by atoms with E-state index in [1.807, 2.05) is 69.4 Å². The predicted molar refractivity (Wildman–Crippen MR) is 119 cm³/mol. The van der Waals surface area contributed by atoms with Gasteiger partial charge in [-0.2, -0.15) is 0 Å². The molecule has 0 atom stereocenters. The summed E-state index contributed by atoms with van der Waals surface area (Å²) in [5, 5.41) is 0.736. The van der Waals surface area contributed by atoms with Gasteiger partial charge in [0.1, 0.15) is 12.4 Å². The molecule has 0 radical (unpaired) electrons. The predicted octanol–water partition coefficient (Wildman–Crippen LogP) is 3.73. The standard InChI is InChI=1S/C22H23N3O3.C2H6/c1-24-9-11-25(12-10-24)22(27)21(26)19-14-23-20-13-17(7-8-18(19)20)28-15-16-5-3-2-4-6-16;1-2/h2-8,13-14,23H,9-12,15H2,1H3;1-2H3. The van der Waals surface area contributed by atoms with Gasteiger partial charge in [-0.25, -0.2) is 0 Å². The molecule has 6 nitrogen and oxygen atoms in total. The van der Waals surface area contributed by atoms with E-state index in [1.165, 1.54) is 0 Å². The number of rotatable bonds is 5. The molecule has 0 aliphatic carbocycles. The van der Waals surface area contributed by atoms with Gasteiger partial charge >= 0.3 is 0 Å². The SMILES string of the molecule is CC.CN1CCN(C(=O)C(=O)c2c[nH]c3cc(OCc4ccccc4)ccc23)CC1. The van der Waals surface area contributed by atoms with Crippen LogP contribution in [0, 0.1) is 0 Å². The average Bonchev–Trinajstić information content (AvgIpc) is 3.22. The first kappa shape index (κ1) is 21.6. The van der Waals surface area contributed by atoms with Gasteiger partial charge in [0.2, 0.25) is 0 Å². The van der Waals surface area contributed by atoms with Crippen LogP contribution in [0.2, 0.25) is 0 Å². The maximum absolute atomic E-state index is 12.7. The highest BCUT2D eigenvalue weighted by Crippen LogP contribution is 2.25. The van der Waals surface area contributed by atoms with Crippen LogP contribution in [0.25, 0.3) is 10.9 Å². The number of Topliss-reactive ketones (excluding diaryl/α,β-unsaturated/α-hetero) is 1. The molecule has 6 heteroatoms. The van der Waals surface area contributed by atoms with E-state index in [4.69, 9.17) is 4.74 Å². The van der Waals surface area contributed by atoms with E-state index >= 15 is 0 Å². The zero-order valence-electron chi connectivity index (χ0n) is 17.9. The summed E-state index contributed by atoms with van der Waals surface area (Å²) >= 11 is 0. The van der Waals surface area contributed by atoms with Gasteiger partial charge in [0.25, 0.3) is 11.7 Å². The highest BCUT2D eigenvalue weighted by molar-refractivity contribution is 6.44. The topological polar surface area (TPSA) is 65.6 Å². The second-order valence-electron chi connectivity index (χ2n) is 7.11. The number of ketones is 1. The summed E-state index contributed by atoms with van der Waals surface area (Å²) in [6.45, 7) is 7.21. The Morgan fingerprint density at radius 3 is 2.40 bits per heavy atom. The smallest absolute Gasteiger partial charge is 0.295 e. The number of H-pyrrole nitrogens is 1. The van der Waals surface area contributed by atoms with E-state index in [0.29, 0.717) is 31.0 Å². The van der Waals surface area contributed by atoms with Gasteiger partial charge in [-0.15, -0.1) is 0 Å². The Morgan fingerprint density at radius 2 is 1.70 bits per heavy atom. The third-order valence-corrected chi connectivity index (χ3v) is 5.13. The van der Waals surface area contributed by atoms with Crippen molar-refractivity contribution < 1.29 is 14.3 Å². The van der Waals surface area contributed by atoms with Gasteiger partial charge in [-0.05, 0) is 24.7 Å². The number of carbonyl (C=O) groups is 2. The van der Waals surface area contributed by atoms with Gasteiger partial charge in [0.05, 0.1) is 5.56 Å². The summed E-state index contributed by atoms with van der Waals surface area (Å²) in [4.78, 5) is 32.2. The largest absolute Gasteiger partial charge is 0.489 e. The minimum atomic E-state index is -0.464. The van der Waals surface area contributed by atoms with E-state index < -0.39 is 11.7 Å². The molecule has 30 heavy (non-hydrogen) atoms. The molecule has 1 aliphatic rings. The van der Waals surface area contributed by atoms with Gasteiger partial charge in [0.15, 0.2) is 0 Å². The number of piperazine rings is 1. The highest BCUT2D eigenvalue weighted by Gasteiger charge is 2.27. The fourth-order valence-electron chi connectivity index (χ4n) is 3.39. The quantitative estimate of drug-likeness (QED) is 0.517. The Hall–Kier alpha value is -3.12. The monoisotopic (exact) mass is 407 g/mol. The lowest BCUT2D eigenvalue weighted by molar-refractivity contribution is -0.127. The molecule has 3 aromatic rings. The number of carbonyl (C=O) groups excluding carboxylic acids is 2. The second-order valence-corrected chi connectivity index (χ2v) is 7.11. The van der Waals surface area contributed by atoms with Gasteiger partial charge < -0.3 is 19.5 Å². The minimum Gasteiger partial charge on any atom is -0.489 e. The maximum atomic E-state index is 12.7. The van der Waals surface area contributed by atoms with E-state index in [2.05, 4.69) is 9.88 Å². The summed E-state index contributed by atoms with van der Waals surface area (Å²) in [7, 11) is 2.01. The minimum absolute atomic E-state index is 0.411. The molecule has 0 spiro atoms. The van der Waals surface area contributed by atoms with E-state index in [1.54, 1.807) is 11.1 Å². The summed E-state index contributed by atoms with van der Waals surface area (Å²) in [6.07, 6.45) is 1.61. The van der Waals surface area contributed by atoms with Gasteiger partial charge in [-0.1, -0.05) is 44.2 Å². The van der Waals surface area contributed by atoms with E-state index in [0.717, 1.165) is 29.6 Å². The van der Waals surface area contributed by atoms with Crippen molar-refractivity contribution in [1.29, 1.82) is 0 Å². The third-order valence-electron chi connectivity index (χ3n) is 5.13. The molecule has 158 valence electrons. The number of amides is 1. The molecule has 2 heterocycles. The summed E-state index contributed by atoms with van der Waals surface area (Å²) in [5.74, 6) is -0.185. The van der Waals surface area contributed by atoms with Crippen LogP contribution in [0.15, 0.2) is 54.7 Å². The van der Waals surface area contributed by atoms with Gasteiger partial charge in [0, 0.05) is 49.3 Å². The zero-order valence-corrected chi connectivity index (χ0v) is 17.9. The van der Waals surface area contributed by atoms with Crippen LogP contribution in [-0.2, 0) is 11.4 Å². The molecule has 1 fully saturated rings.